The first-order valence-corrected chi connectivity index (χ1v) is 11.3. The van der Waals surface area contributed by atoms with Gasteiger partial charge < -0.3 is 10.3 Å². The van der Waals surface area contributed by atoms with E-state index in [0.29, 0.717) is 17.4 Å². The van der Waals surface area contributed by atoms with E-state index in [1.807, 2.05) is 5.38 Å². The van der Waals surface area contributed by atoms with Gasteiger partial charge in [0.05, 0.1) is 5.69 Å². The summed E-state index contributed by atoms with van der Waals surface area (Å²) in [6.45, 7) is 2.18. The van der Waals surface area contributed by atoms with E-state index in [9.17, 15) is 14.4 Å². The Balaban J connectivity index is 1.37. The number of rotatable bonds is 8. The van der Waals surface area contributed by atoms with E-state index in [1.54, 1.807) is 0 Å². The lowest BCUT2D eigenvalue weighted by atomic mass is 10.1. The van der Waals surface area contributed by atoms with Gasteiger partial charge >= 0.3 is 5.69 Å². The molecular formula is C22H24N6O3S. The van der Waals surface area contributed by atoms with Gasteiger partial charge in [-0.1, -0.05) is 37.6 Å². The second-order valence-corrected chi connectivity index (χ2v) is 8.45. The largest absolute Gasteiger partial charge is 0.336 e. The molecule has 0 spiro atoms. The van der Waals surface area contributed by atoms with Gasteiger partial charge in [0, 0.05) is 30.8 Å². The van der Waals surface area contributed by atoms with Crippen LogP contribution < -0.4 is 16.6 Å². The quantitative estimate of drug-likeness (QED) is 0.379. The molecule has 0 radical (unpaired) electrons. The van der Waals surface area contributed by atoms with E-state index in [4.69, 9.17) is 0 Å². The molecule has 0 aliphatic carbocycles. The van der Waals surface area contributed by atoms with Crippen molar-refractivity contribution in [3.63, 3.8) is 0 Å². The summed E-state index contributed by atoms with van der Waals surface area (Å²) in [6.07, 6.45) is 3.88. The highest BCUT2D eigenvalue weighted by molar-refractivity contribution is 7.14. The third-order valence-corrected chi connectivity index (χ3v) is 5.97. The van der Waals surface area contributed by atoms with E-state index in [0.717, 1.165) is 17.7 Å². The molecule has 166 valence electrons. The highest BCUT2D eigenvalue weighted by Crippen LogP contribution is 2.25. The summed E-state index contributed by atoms with van der Waals surface area (Å²) in [5, 5.41) is 5.26. The molecule has 10 heteroatoms. The maximum atomic E-state index is 12.4. The zero-order chi connectivity index (χ0) is 22.7. The maximum Gasteiger partial charge on any atom is 0.329 e. The molecular weight excluding hydrogens is 428 g/mol. The monoisotopic (exact) mass is 452 g/mol. The molecule has 0 atom stereocenters. The molecule has 3 heterocycles. The van der Waals surface area contributed by atoms with Crippen LogP contribution in [0.1, 0.15) is 37.6 Å². The molecule has 0 unspecified atom stereocenters. The number of carbonyl (C=O) groups is 1. The molecule has 0 bridgehead atoms. The van der Waals surface area contributed by atoms with Crippen LogP contribution in [0, 0.1) is 0 Å². The molecule has 1 amide bonds. The number of hydrogen-bond acceptors (Lipinski definition) is 6. The fourth-order valence-electron chi connectivity index (χ4n) is 3.37. The van der Waals surface area contributed by atoms with Crippen LogP contribution in [0.25, 0.3) is 22.4 Å². The molecule has 3 aromatic heterocycles. The second-order valence-electron chi connectivity index (χ2n) is 7.59. The summed E-state index contributed by atoms with van der Waals surface area (Å²) in [5.74, 6) is 0.258. The number of nitrogens with one attached hydrogen (secondary N) is 3. The number of carbonyl (C=O) groups excluding carboxylic acids is 1. The highest BCUT2D eigenvalue weighted by atomic mass is 32.1. The van der Waals surface area contributed by atoms with Gasteiger partial charge in [-0.3, -0.25) is 19.1 Å². The summed E-state index contributed by atoms with van der Waals surface area (Å²) >= 11 is 1.37. The Labute approximate surface area is 187 Å². The summed E-state index contributed by atoms with van der Waals surface area (Å²) in [5.41, 5.74) is 2.57. The third kappa shape index (κ3) is 4.70. The molecule has 32 heavy (non-hydrogen) atoms. The van der Waals surface area contributed by atoms with Crippen LogP contribution in [0.15, 0.2) is 39.2 Å². The number of imidazole rings is 1. The first-order valence-electron chi connectivity index (χ1n) is 10.5. The van der Waals surface area contributed by atoms with Crippen molar-refractivity contribution in [2.75, 3.05) is 5.32 Å². The lowest BCUT2D eigenvalue weighted by Gasteiger charge is -2.02. The molecule has 0 aliphatic heterocycles. The molecule has 0 saturated heterocycles. The summed E-state index contributed by atoms with van der Waals surface area (Å²) in [4.78, 5) is 49.8. The van der Waals surface area contributed by atoms with Gasteiger partial charge in [0.2, 0.25) is 5.91 Å². The molecule has 4 rings (SSSR count). The number of unbranched alkanes of at least 4 members (excludes halogenated alkanes) is 1. The number of aryl methyl sites for hydroxylation is 3. The van der Waals surface area contributed by atoms with Crippen molar-refractivity contribution in [3.8, 4) is 11.3 Å². The molecule has 0 aliphatic rings. The predicted octanol–water partition coefficient (Wildman–Crippen LogP) is 2.99. The van der Waals surface area contributed by atoms with Gasteiger partial charge in [-0.2, -0.15) is 0 Å². The Kier molecular flexibility index (Phi) is 6.31. The van der Waals surface area contributed by atoms with Gasteiger partial charge in [-0.15, -0.1) is 11.3 Å². The minimum atomic E-state index is -0.534. The number of nitrogens with zero attached hydrogens (tertiary/aromatic N) is 3. The average molecular weight is 453 g/mol. The number of hydrogen-bond donors (Lipinski definition) is 3. The number of fused-ring (bicyclic) bond motifs is 1. The van der Waals surface area contributed by atoms with Gasteiger partial charge in [-0.05, 0) is 18.4 Å². The van der Waals surface area contributed by atoms with Crippen molar-refractivity contribution in [1.82, 2.24) is 24.5 Å². The Bertz CT molecular complexity index is 1360. The highest BCUT2D eigenvalue weighted by Gasteiger charge is 2.13. The van der Waals surface area contributed by atoms with Crippen LogP contribution in [0.4, 0.5) is 5.13 Å². The summed E-state index contributed by atoms with van der Waals surface area (Å²) in [7, 11) is 1.52. The fraction of sp³-hybridized carbons (Fsp3) is 0.318. The van der Waals surface area contributed by atoms with Gasteiger partial charge in [0.1, 0.15) is 11.3 Å². The number of aromatic amines is 2. The van der Waals surface area contributed by atoms with Crippen molar-refractivity contribution in [3.05, 3.63) is 61.9 Å². The molecule has 9 nitrogen and oxygen atoms in total. The predicted molar refractivity (Wildman–Crippen MR) is 125 cm³/mol. The van der Waals surface area contributed by atoms with E-state index >= 15 is 0 Å². The zero-order valence-corrected chi connectivity index (χ0v) is 18.7. The van der Waals surface area contributed by atoms with Crippen molar-refractivity contribution in [1.29, 1.82) is 0 Å². The third-order valence-electron chi connectivity index (χ3n) is 5.21. The number of anilines is 1. The first-order chi connectivity index (χ1) is 15.4. The molecule has 3 N–H and O–H groups in total. The minimum Gasteiger partial charge on any atom is -0.336 e. The lowest BCUT2D eigenvalue weighted by molar-refractivity contribution is -0.116. The molecule has 1 aromatic carbocycles. The normalized spacial score (nSPS) is 11.2. The maximum absolute atomic E-state index is 12.4. The minimum absolute atomic E-state index is 0.159. The van der Waals surface area contributed by atoms with Crippen LogP contribution >= 0.6 is 11.3 Å². The van der Waals surface area contributed by atoms with Gasteiger partial charge in [0.25, 0.3) is 5.56 Å². The van der Waals surface area contributed by atoms with Crippen LogP contribution in [-0.4, -0.2) is 30.4 Å². The number of thiazole rings is 1. The second kappa shape index (κ2) is 9.31. The molecule has 0 fully saturated rings. The standard InChI is InChI=1S/C22H24N6O3S/c1-3-4-5-13-6-8-14(9-7-13)15-12-32-21(23-15)26-17(29)11-10-16-24-18-19(25-16)28(2)22(31)27-20(18)30/h6-9,12H,3-5,10-11H2,1-2H3,(H,24,25)(H,23,26,29)(H,27,30,31). The smallest absolute Gasteiger partial charge is 0.329 e. The summed E-state index contributed by atoms with van der Waals surface area (Å²) < 4.78 is 1.25. The number of H-pyrrole nitrogens is 2. The zero-order valence-electron chi connectivity index (χ0n) is 17.9. The molecule has 4 aromatic rings. The van der Waals surface area contributed by atoms with Crippen LogP contribution in [-0.2, 0) is 24.7 Å². The number of amides is 1. The van der Waals surface area contributed by atoms with Crippen LogP contribution in [0.5, 0.6) is 0 Å². The first kappa shape index (κ1) is 21.7. The average Bonchev–Trinajstić information content (AvgIpc) is 3.43. The Morgan fingerprint density at radius 3 is 2.66 bits per heavy atom. The summed E-state index contributed by atoms with van der Waals surface area (Å²) in [6, 6.07) is 8.36. The van der Waals surface area contributed by atoms with Crippen molar-refractivity contribution < 1.29 is 4.79 Å². The Morgan fingerprint density at radius 1 is 1.12 bits per heavy atom. The van der Waals surface area contributed by atoms with Crippen molar-refractivity contribution in [2.24, 2.45) is 7.05 Å². The Morgan fingerprint density at radius 2 is 1.91 bits per heavy atom. The van der Waals surface area contributed by atoms with Gasteiger partial charge in [-0.25, -0.2) is 14.8 Å². The lowest BCUT2D eigenvalue weighted by Crippen LogP contribution is -2.28. The van der Waals surface area contributed by atoms with Crippen molar-refractivity contribution >= 4 is 33.5 Å². The number of aromatic nitrogens is 5. The van der Waals surface area contributed by atoms with E-state index in [-0.39, 0.29) is 23.5 Å². The van der Waals surface area contributed by atoms with Gasteiger partial charge in [0.15, 0.2) is 10.8 Å². The SMILES string of the molecule is CCCCc1ccc(-c2csc(NC(=O)CCc3nc4c([nH]3)c(=O)[nH]c(=O)n4C)n2)cc1. The van der Waals surface area contributed by atoms with E-state index in [2.05, 4.69) is 56.4 Å². The topological polar surface area (TPSA) is 126 Å². The molecule has 0 saturated carbocycles. The van der Waals surface area contributed by atoms with Crippen LogP contribution in [0.2, 0.25) is 0 Å². The van der Waals surface area contributed by atoms with Crippen LogP contribution in [0.3, 0.4) is 0 Å². The van der Waals surface area contributed by atoms with Crippen molar-refractivity contribution in [2.45, 2.75) is 39.0 Å². The fourth-order valence-corrected chi connectivity index (χ4v) is 4.11. The number of benzene rings is 1. The Hall–Kier alpha value is -3.53. The van der Waals surface area contributed by atoms with E-state index < -0.39 is 11.2 Å². The van der Waals surface area contributed by atoms with E-state index in [1.165, 1.54) is 41.4 Å².